The highest BCUT2D eigenvalue weighted by Crippen LogP contribution is 2.33. The lowest BCUT2D eigenvalue weighted by molar-refractivity contribution is 0.602. The van der Waals surface area contributed by atoms with E-state index in [-0.39, 0.29) is 12.1 Å². The SMILES string of the molecule is Cn1cc(-c2cc(CCN[SH](=O)=O)ccc2Cl)c2cc(F)ccc2c1=O. The molecule has 3 aromatic rings. The molecule has 0 radical (unpaired) electrons. The maximum atomic E-state index is 13.8. The zero-order valence-electron chi connectivity index (χ0n) is 13.8. The summed E-state index contributed by atoms with van der Waals surface area (Å²) in [6.07, 6.45) is 2.10. The van der Waals surface area contributed by atoms with Gasteiger partial charge in [0, 0.05) is 41.3 Å². The van der Waals surface area contributed by atoms with Crippen LogP contribution in [0.2, 0.25) is 5.02 Å². The highest BCUT2D eigenvalue weighted by atomic mass is 35.5. The van der Waals surface area contributed by atoms with E-state index in [0.29, 0.717) is 33.3 Å². The van der Waals surface area contributed by atoms with Crippen LogP contribution in [0.3, 0.4) is 0 Å². The molecule has 1 heterocycles. The summed E-state index contributed by atoms with van der Waals surface area (Å²) in [6.45, 7) is 0.266. The Labute approximate surface area is 156 Å². The highest BCUT2D eigenvalue weighted by Gasteiger charge is 2.13. The minimum atomic E-state index is -2.65. The Balaban J connectivity index is 2.15. The number of hydrogen-bond donors (Lipinski definition) is 2. The average molecular weight is 395 g/mol. The molecule has 0 aliphatic rings. The minimum Gasteiger partial charge on any atom is -0.317 e. The van der Waals surface area contributed by atoms with E-state index < -0.39 is 16.7 Å². The van der Waals surface area contributed by atoms with Gasteiger partial charge in [-0.1, -0.05) is 17.7 Å². The van der Waals surface area contributed by atoms with Crippen LogP contribution in [0.5, 0.6) is 0 Å². The molecule has 0 fully saturated rings. The van der Waals surface area contributed by atoms with E-state index in [1.807, 2.05) is 6.07 Å². The van der Waals surface area contributed by atoms with Crippen molar-refractivity contribution in [2.45, 2.75) is 6.42 Å². The molecule has 0 atom stereocenters. The predicted molar refractivity (Wildman–Crippen MR) is 102 cm³/mol. The zero-order valence-corrected chi connectivity index (χ0v) is 15.5. The second-order valence-electron chi connectivity index (χ2n) is 5.88. The Morgan fingerprint density at radius 1 is 1.12 bits per heavy atom. The van der Waals surface area contributed by atoms with Crippen molar-refractivity contribution in [2.24, 2.45) is 7.05 Å². The van der Waals surface area contributed by atoms with Gasteiger partial charge < -0.3 is 4.57 Å². The van der Waals surface area contributed by atoms with Crippen molar-refractivity contribution in [1.29, 1.82) is 0 Å². The van der Waals surface area contributed by atoms with E-state index >= 15 is 0 Å². The normalized spacial score (nSPS) is 11.4. The fraction of sp³-hybridized carbons (Fsp3) is 0.167. The van der Waals surface area contributed by atoms with Gasteiger partial charge in [-0.3, -0.25) is 4.79 Å². The molecular formula is C18H16ClFN2O3S. The van der Waals surface area contributed by atoms with Crippen LogP contribution in [0.15, 0.2) is 47.4 Å². The first kappa shape index (κ1) is 18.6. The van der Waals surface area contributed by atoms with Gasteiger partial charge in [0.2, 0.25) is 10.9 Å². The number of pyridine rings is 1. The van der Waals surface area contributed by atoms with Crippen molar-refractivity contribution in [2.75, 3.05) is 6.54 Å². The van der Waals surface area contributed by atoms with Crippen molar-refractivity contribution in [1.82, 2.24) is 9.29 Å². The maximum absolute atomic E-state index is 13.8. The van der Waals surface area contributed by atoms with Crippen molar-refractivity contribution < 1.29 is 12.8 Å². The van der Waals surface area contributed by atoms with E-state index in [1.54, 1.807) is 25.4 Å². The van der Waals surface area contributed by atoms with Gasteiger partial charge >= 0.3 is 0 Å². The summed E-state index contributed by atoms with van der Waals surface area (Å²) < 4.78 is 38.8. The number of thiol groups is 1. The van der Waals surface area contributed by atoms with Gasteiger partial charge in [-0.05, 0) is 47.7 Å². The number of aromatic nitrogens is 1. The number of fused-ring (bicyclic) bond motifs is 1. The second kappa shape index (κ2) is 7.57. The highest BCUT2D eigenvalue weighted by molar-refractivity contribution is 7.70. The van der Waals surface area contributed by atoms with Crippen molar-refractivity contribution >= 4 is 33.3 Å². The van der Waals surface area contributed by atoms with Gasteiger partial charge in [0.15, 0.2) is 0 Å². The van der Waals surface area contributed by atoms with E-state index in [2.05, 4.69) is 4.72 Å². The quantitative estimate of drug-likeness (QED) is 0.654. The first-order valence-electron chi connectivity index (χ1n) is 7.82. The van der Waals surface area contributed by atoms with Gasteiger partial charge in [0.1, 0.15) is 5.82 Å². The molecule has 0 unspecified atom stereocenters. The summed E-state index contributed by atoms with van der Waals surface area (Å²) >= 11 is 6.35. The van der Waals surface area contributed by atoms with Crippen LogP contribution < -0.4 is 10.3 Å². The topological polar surface area (TPSA) is 68.2 Å². The Kier molecular flexibility index (Phi) is 5.41. The molecule has 0 saturated carbocycles. The Bertz CT molecular complexity index is 1120. The Morgan fingerprint density at radius 3 is 2.62 bits per heavy atom. The number of hydrogen-bond acceptors (Lipinski definition) is 3. The lowest BCUT2D eigenvalue weighted by atomic mass is 9.98. The first-order chi connectivity index (χ1) is 12.4. The lowest BCUT2D eigenvalue weighted by Gasteiger charge is -2.13. The molecule has 0 saturated heterocycles. The number of rotatable bonds is 5. The number of nitrogens with zero attached hydrogens (tertiary/aromatic N) is 1. The van der Waals surface area contributed by atoms with Crippen molar-refractivity contribution in [3.05, 3.63) is 69.4 Å². The zero-order chi connectivity index (χ0) is 18.8. The number of benzene rings is 2. The van der Waals surface area contributed by atoms with E-state index in [4.69, 9.17) is 11.6 Å². The Hall–Kier alpha value is -2.22. The smallest absolute Gasteiger partial charge is 0.258 e. The summed E-state index contributed by atoms with van der Waals surface area (Å²) in [6, 6.07) is 9.37. The van der Waals surface area contributed by atoms with Crippen molar-refractivity contribution in [3.63, 3.8) is 0 Å². The second-order valence-corrected chi connectivity index (χ2v) is 7.12. The Morgan fingerprint density at radius 2 is 1.88 bits per heavy atom. The maximum Gasteiger partial charge on any atom is 0.258 e. The minimum absolute atomic E-state index is 0.223. The largest absolute Gasteiger partial charge is 0.317 e. The molecule has 5 nitrogen and oxygen atoms in total. The van der Waals surface area contributed by atoms with Crippen LogP contribution >= 0.6 is 11.6 Å². The molecule has 0 amide bonds. The third-order valence-electron chi connectivity index (χ3n) is 4.12. The van der Waals surface area contributed by atoms with Gasteiger partial charge in [-0.2, -0.15) is 0 Å². The molecule has 3 rings (SSSR count). The van der Waals surface area contributed by atoms with Gasteiger partial charge in [0.05, 0.1) is 0 Å². The van der Waals surface area contributed by atoms with Crippen LogP contribution in [-0.2, 0) is 24.4 Å². The molecule has 0 aliphatic carbocycles. The van der Waals surface area contributed by atoms with Gasteiger partial charge in [-0.15, -0.1) is 0 Å². The van der Waals surface area contributed by atoms with E-state index in [9.17, 15) is 17.6 Å². The number of nitrogens with one attached hydrogen (secondary N) is 1. The average Bonchev–Trinajstić information content (AvgIpc) is 2.59. The number of halogens is 2. The van der Waals surface area contributed by atoms with Gasteiger partial charge in [-0.25, -0.2) is 17.5 Å². The third kappa shape index (κ3) is 3.80. The van der Waals surface area contributed by atoms with Gasteiger partial charge in [0.25, 0.3) is 5.56 Å². The third-order valence-corrected chi connectivity index (χ3v) is 4.93. The summed E-state index contributed by atoms with van der Waals surface area (Å²) in [5, 5.41) is 1.34. The molecule has 0 aliphatic heterocycles. The molecule has 1 aromatic heterocycles. The molecule has 26 heavy (non-hydrogen) atoms. The van der Waals surface area contributed by atoms with Crippen LogP contribution in [0, 0.1) is 5.82 Å². The molecule has 0 spiro atoms. The molecule has 1 N–H and O–H groups in total. The van der Waals surface area contributed by atoms with E-state index in [1.165, 1.54) is 22.8 Å². The monoisotopic (exact) mass is 394 g/mol. The van der Waals surface area contributed by atoms with Crippen LogP contribution in [0.1, 0.15) is 5.56 Å². The fourth-order valence-electron chi connectivity index (χ4n) is 2.88. The van der Waals surface area contributed by atoms with Crippen LogP contribution in [0.4, 0.5) is 4.39 Å². The van der Waals surface area contributed by atoms with Crippen LogP contribution in [-0.4, -0.2) is 19.5 Å². The van der Waals surface area contributed by atoms with E-state index in [0.717, 1.165) is 5.56 Å². The van der Waals surface area contributed by atoms with Crippen molar-refractivity contribution in [3.8, 4) is 11.1 Å². The summed E-state index contributed by atoms with van der Waals surface area (Å²) in [5.74, 6) is -0.442. The lowest BCUT2D eigenvalue weighted by Crippen LogP contribution is -2.17. The van der Waals surface area contributed by atoms with Crippen LogP contribution in [0.25, 0.3) is 21.9 Å². The first-order valence-corrected chi connectivity index (χ1v) is 9.38. The summed E-state index contributed by atoms with van der Waals surface area (Å²) in [4.78, 5) is 12.3. The molecule has 136 valence electrons. The number of aryl methyl sites for hydroxylation is 1. The standard InChI is InChI=1S/C18H16ClFN2O3S/c1-22-10-16(14-9-12(20)3-4-13(14)18(22)23)15-8-11(2-5-17(15)19)6-7-21-26(24)25/h2-5,8-10,26H,6-7H2,1H3,(H,21,24,25). The summed E-state index contributed by atoms with van der Waals surface area (Å²) in [7, 11) is -1.02. The summed E-state index contributed by atoms with van der Waals surface area (Å²) in [5.41, 5.74) is 1.94. The fourth-order valence-corrected chi connectivity index (χ4v) is 3.39. The molecule has 8 heteroatoms. The predicted octanol–water partition coefficient (Wildman–Crippen LogP) is 2.66. The molecule has 0 bridgehead atoms. The molecule has 2 aromatic carbocycles. The molecular weight excluding hydrogens is 379 g/mol.